The lowest BCUT2D eigenvalue weighted by Crippen LogP contribution is -2.28. The number of ether oxygens (including phenoxy) is 1. The van der Waals surface area contributed by atoms with Crippen LogP contribution in [0.25, 0.3) is 0 Å². The molecule has 0 atom stereocenters. The molecule has 0 radical (unpaired) electrons. The van der Waals surface area contributed by atoms with Gasteiger partial charge in [-0.25, -0.2) is 0 Å². The molecule has 0 aromatic heterocycles. The molecule has 1 rings (SSSR count). The fourth-order valence-electron chi connectivity index (χ4n) is 2.71. The predicted octanol–water partition coefficient (Wildman–Crippen LogP) is 4.16. The Labute approximate surface area is 140 Å². The van der Waals surface area contributed by atoms with Gasteiger partial charge in [0.05, 0.1) is 7.11 Å². The van der Waals surface area contributed by atoms with E-state index < -0.39 is 5.79 Å². The molecule has 1 aromatic rings. The molecule has 0 saturated heterocycles. The van der Waals surface area contributed by atoms with E-state index in [1.807, 2.05) is 0 Å². The van der Waals surface area contributed by atoms with E-state index in [2.05, 4.69) is 6.92 Å². The Morgan fingerprint density at radius 1 is 0.957 bits per heavy atom. The Morgan fingerprint density at radius 2 is 1.61 bits per heavy atom. The summed E-state index contributed by atoms with van der Waals surface area (Å²) in [7, 11) is 1.50. The third-order valence-electron chi connectivity index (χ3n) is 4.24. The third-order valence-corrected chi connectivity index (χ3v) is 4.24. The number of benzene rings is 1. The monoisotopic (exact) mass is 324 g/mol. The summed E-state index contributed by atoms with van der Waals surface area (Å²) in [5.41, 5.74) is 0.923. The van der Waals surface area contributed by atoms with Gasteiger partial charge in [-0.3, -0.25) is 0 Å². The van der Waals surface area contributed by atoms with Gasteiger partial charge in [0.25, 0.3) is 0 Å². The van der Waals surface area contributed by atoms with Crippen molar-refractivity contribution in [3.05, 3.63) is 23.8 Å². The van der Waals surface area contributed by atoms with Crippen LogP contribution in [0.2, 0.25) is 0 Å². The van der Waals surface area contributed by atoms with Gasteiger partial charge in [-0.15, -0.1) is 0 Å². The van der Waals surface area contributed by atoms with Crippen molar-refractivity contribution in [2.24, 2.45) is 0 Å². The van der Waals surface area contributed by atoms with Crippen molar-refractivity contribution in [1.82, 2.24) is 0 Å². The van der Waals surface area contributed by atoms with E-state index in [1.165, 1.54) is 39.2 Å². The molecule has 132 valence electrons. The molecule has 4 nitrogen and oxygen atoms in total. The molecule has 0 saturated carbocycles. The van der Waals surface area contributed by atoms with Gasteiger partial charge in [-0.1, -0.05) is 51.5 Å². The van der Waals surface area contributed by atoms with Crippen LogP contribution in [0.1, 0.15) is 70.3 Å². The molecular weight excluding hydrogens is 292 g/mol. The van der Waals surface area contributed by atoms with Crippen molar-refractivity contribution < 1.29 is 20.1 Å². The van der Waals surface area contributed by atoms with Crippen LogP contribution in [0.15, 0.2) is 18.2 Å². The van der Waals surface area contributed by atoms with E-state index in [4.69, 9.17) is 4.74 Å². The van der Waals surface area contributed by atoms with Gasteiger partial charge in [-0.2, -0.15) is 0 Å². The summed E-state index contributed by atoms with van der Waals surface area (Å²) in [6.07, 6.45) is 9.38. The SMILES string of the molecule is CCCCCCCCCC(O)(O)CCc1ccc(O)c(OC)c1. The number of aromatic hydroxyl groups is 1. The first-order valence-corrected chi connectivity index (χ1v) is 8.79. The van der Waals surface area contributed by atoms with Crippen LogP contribution in [0.3, 0.4) is 0 Å². The fourth-order valence-corrected chi connectivity index (χ4v) is 2.71. The predicted molar refractivity (Wildman–Crippen MR) is 92.8 cm³/mol. The highest BCUT2D eigenvalue weighted by molar-refractivity contribution is 5.41. The maximum atomic E-state index is 10.1. The summed E-state index contributed by atoms with van der Waals surface area (Å²) in [5.74, 6) is -1.11. The van der Waals surface area contributed by atoms with Crippen molar-refractivity contribution in [3.8, 4) is 11.5 Å². The smallest absolute Gasteiger partial charge is 0.162 e. The largest absolute Gasteiger partial charge is 0.504 e. The molecule has 0 unspecified atom stereocenters. The highest BCUT2D eigenvalue weighted by Gasteiger charge is 2.22. The summed E-state index contributed by atoms with van der Waals surface area (Å²) >= 11 is 0. The number of phenolic OH excluding ortho intramolecular Hbond substituents is 1. The second kappa shape index (κ2) is 10.5. The second-order valence-electron chi connectivity index (χ2n) is 6.36. The van der Waals surface area contributed by atoms with E-state index in [1.54, 1.807) is 18.2 Å². The molecule has 0 bridgehead atoms. The van der Waals surface area contributed by atoms with E-state index in [0.29, 0.717) is 18.6 Å². The number of unbranched alkanes of at least 4 members (excludes halogenated alkanes) is 6. The Balaban J connectivity index is 2.26. The van der Waals surface area contributed by atoms with Gasteiger partial charge in [-0.05, 0) is 30.5 Å². The number of aryl methyl sites for hydroxylation is 1. The molecule has 0 heterocycles. The van der Waals surface area contributed by atoms with Crippen molar-refractivity contribution in [2.45, 2.75) is 76.9 Å². The molecule has 0 spiro atoms. The van der Waals surface area contributed by atoms with Gasteiger partial charge < -0.3 is 20.1 Å². The lowest BCUT2D eigenvalue weighted by molar-refractivity contribution is -0.170. The molecular formula is C19H32O4. The number of rotatable bonds is 12. The minimum absolute atomic E-state index is 0.0959. The minimum Gasteiger partial charge on any atom is -0.504 e. The standard InChI is InChI=1S/C19H32O4/c1-3-4-5-6-7-8-9-13-19(21,22)14-12-16-10-11-17(20)18(15-16)23-2/h10-11,15,20-22H,3-9,12-14H2,1-2H3. The van der Waals surface area contributed by atoms with Crippen molar-refractivity contribution in [3.63, 3.8) is 0 Å². The highest BCUT2D eigenvalue weighted by Crippen LogP contribution is 2.28. The van der Waals surface area contributed by atoms with Gasteiger partial charge in [0.2, 0.25) is 0 Å². The van der Waals surface area contributed by atoms with Crippen LogP contribution in [0.5, 0.6) is 11.5 Å². The average Bonchev–Trinajstić information content (AvgIpc) is 2.53. The topological polar surface area (TPSA) is 69.9 Å². The molecule has 4 heteroatoms. The van der Waals surface area contributed by atoms with Crippen molar-refractivity contribution >= 4 is 0 Å². The van der Waals surface area contributed by atoms with Gasteiger partial charge >= 0.3 is 0 Å². The maximum absolute atomic E-state index is 10.1. The van der Waals surface area contributed by atoms with Gasteiger partial charge in [0, 0.05) is 12.8 Å². The number of aliphatic hydroxyl groups is 2. The van der Waals surface area contributed by atoms with Crippen LogP contribution in [0, 0.1) is 0 Å². The molecule has 3 N–H and O–H groups in total. The van der Waals surface area contributed by atoms with Crippen LogP contribution in [-0.4, -0.2) is 28.2 Å². The zero-order valence-corrected chi connectivity index (χ0v) is 14.6. The Hall–Kier alpha value is -1.26. The van der Waals surface area contributed by atoms with E-state index in [9.17, 15) is 15.3 Å². The maximum Gasteiger partial charge on any atom is 0.162 e. The normalized spacial score (nSPS) is 11.7. The molecule has 0 fully saturated rings. The summed E-state index contributed by atoms with van der Waals surface area (Å²) in [5, 5.41) is 29.7. The Morgan fingerprint density at radius 3 is 2.26 bits per heavy atom. The van der Waals surface area contributed by atoms with Crippen molar-refractivity contribution in [2.75, 3.05) is 7.11 Å². The first-order valence-electron chi connectivity index (χ1n) is 8.79. The van der Waals surface area contributed by atoms with Crippen LogP contribution < -0.4 is 4.74 Å². The Kier molecular flexibility index (Phi) is 9.03. The third kappa shape index (κ3) is 8.24. The molecule has 0 aliphatic heterocycles. The number of methoxy groups -OCH3 is 1. The van der Waals surface area contributed by atoms with E-state index in [-0.39, 0.29) is 12.2 Å². The highest BCUT2D eigenvalue weighted by atomic mass is 16.5. The van der Waals surface area contributed by atoms with E-state index in [0.717, 1.165) is 18.4 Å². The first kappa shape index (κ1) is 19.8. The van der Waals surface area contributed by atoms with Crippen molar-refractivity contribution in [1.29, 1.82) is 0 Å². The molecule has 0 amide bonds. The summed E-state index contributed by atoms with van der Waals surface area (Å²) in [6.45, 7) is 2.20. The lowest BCUT2D eigenvalue weighted by Gasteiger charge is -2.22. The van der Waals surface area contributed by atoms with Crippen LogP contribution in [-0.2, 0) is 6.42 Å². The number of phenols is 1. The number of hydrogen-bond acceptors (Lipinski definition) is 4. The second-order valence-corrected chi connectivity index (χ2v) is 6.36. The minimum atomic E-state index is -1.62. The van der Waals surface area contributed by atoms with Gasteiger partial charge in [0.15, 0.2) is 17.3 Å². The molecule has 0 aliphatic rings. The molecule has 23 heavy (non-hydrogen) atoms. The average molecular weight is 324 g/mol. The quantitative estimate of drug-likeness (QED) is 0.399. The zero-order valence-electron chi connectivity index (χ0n) is 14.6. The van der Waals surface area contributed by atoms with Crippen LogP contribution >= 0.6 is 0 Å². The summed E-state index contributed by atoms with van der Waals surface area (Å²) < 4.78 is 5.06. The molecule has 0 aliphatic carbocycles. The van der Waals surface area contributed by atoms with Crippen LogP contribution in [0.4, 0.5) is 0 Å². The zero-order chi connectivity index (χ0) is 17.1. The van der Waals surface area contributed by atoms with E-state index >= 15 is 0 Å². The fraction of sp³-hybridized carbons (Fsp3) is 0.684. The number of hydrogen-bond donors (Lipinski definition) is 3. The Bertz CT molecular complexity index is 443. The summed E-state index contributed by atoms with van der Waals surface area (Å²) in [4.78, 5) is 0. The first-order chi connectivity index (χ1) is 11.0. The summed E-state index contributed by atoms with van der Waals surface area (Å²) in [6, 6.07) is 5.09. The lowest BCUT2D eigenvalue weighted by atomic mass is 9.98. The molecule has 1 aromatic carbocycles. The van der Waals surface area contributed by atoms with Gasteiger partial charge in [0.1, 0.15) is 0 Å².